The number of likely N-dealkylation sites (N-methyl/N-ethyl adjacent to an activating group) is 1. The Kier molecular flexibility index (Phi) is 5.14. The summed E-state index contributed by atoms with van der Waals surface area (Å²) in [5.74, 6) is 0.223. The number of piperidine rings is 1. The maximum atomic E-state index is 12.1. The number of carbonyl (C=O) groups is 2. The van der Waals surface area contributed by atoms with Gasteiger partial charge in [-0.05, 0) is 19.9 Å². The van der Waals surface area contributed by atoms with Crippen LogP contribution in [0.3, 0.4) is 0 Å². The summed E-state index contributed by atoms with van der Waals surface area (Å²) in [7, 11) is 1.75. The minimum absolute atomic E-state index is 0.0260. The Morgan fingerprint density at radius 2 is 1.78 bits per heavy atom. The minimum atomic E-state index is -0.317. The van der Waals surface area contributed by atoms with Gasteiger partial charge in [0.1, 0.15) is 0 Å². The Morgan fingerprint density at radius 1 is 1.22 bits per heavy atom. The van der Waals surface area contributed by atoms with E-state index in [9.17, 15) is 9.59 Å². The molecule has 2 amide bonds. The van der Waals surface area contributed by atoms with Crippen molar-refractivity contribution in [2.45, 2.75) is 39.7 Å². The molecule has 1 saturated heterocycles. The standard InChI is InChI=1S/C13H25N3O2/c1-13(2,3)12(18)16-7-5-10(6-8-16)15-11(17)9-14-4/h10,14H,5-9H2,1-4H3,(H,15,17). The van der Waals surface area contributed by atoms with Gasteiger partial charge in [0.25, 0.3) is 0 Å². The van der Waals surface area contributed by atoms with E-state index < -0.39 is 0 Å². The lowest BCUT2D eigenvalue weighted by molar-refractivity contribution is -0.140. The molecule has 0 unspecified atom stereocenters. The van der Waals surface area contributed by atoms with Crippen LogP contribution < -0.4 is 10.6 Å². The molecule has 1 fully saturated rings. The summed E-state index contributed by atoms with van der Waals surface area (Å²) in [4.78, 5) is 25.4. The van der Waals surface area contributed by atoms with Gasteiger partial charge in [-0.25, -0.2) is 0 Å². The summed E-state index contributed by atoms with van der Waals surface area (Å²) in [6.07, 6.45) is 1.69. The van der Waals surface area contributed by atoms with E-state index >= 15 is 0 Å². The zero-order chi connectivity index (χ0) is 13.8. The van der Waals surface area contributed by atoms with E-state index in [4.69, 9.17) is 0 Å². The molecular weight excluding hydrogens is 230 g/mol. The first kappa shape index (κ1) is 15.0. The molecule has 5 heteroatoms. The Hall–Kier alpha value is -1.10. The second kappa shape index (κ2) is 6.18. The molecule has 0 saturated carbocycles. The van der Waals surface area contributed by atoms with Gasteiger partial charge >= 0.3 is 0 Å². The molecule has 0 aliphatic carbocycles. The van der Waals surface area contributed by atoms with Crippen molar-refractivity contribution in [3.05, 3.63) is 0 Å². The van der Waals surface area contributed by atoms with Gasteiger partial charge in [0.15, 0.2) is 0 Å². The van der Waals surface area contributed by atoms with Gasteiger partial charge < -0.3 is 15.5 Å². The van der Waals surface area contributed by atoms with Crippen LogP contribution in [-0.2, 0) is 9.59 Å². The molecule has 104 valence electrons. The van der Waals surface area contributed by atoms with Gasteiger partial charge in [-0.15, -0.1) is 0 Å². The van der Waals surface area contributed by atoms with Crippen LogP contribution in [0.1, 0.15) is 33.6 Å². The Labute approximate surface area is 109 Å². The van der Waals surface area contributed by atoms with Crippen molar-refractivity contribution in [2.75, 3.05) is 26.7 Å². The summed E-state index contributed by atoms with van der Waals surface area (Å²) < 4.78 is 0. The third-order valence-electron chi connectivity index (χ3n) is 3.13. The fourth-order valence-corrected chi connectivity index (χ4v) is 2.14. The fraction of sp³-hybridized carbons (Fsp3) is 0.846. The largest absolute Gasteiger partial charge is 0.352 e. The van der Waals surface area contributed by atoms with Gasteiger partial charge in [0, 0.05) is 24.5 Å². The third-order valence-corrected chi connectivity index (χ3v) is 3.13. The molecule has 0 atom stereocenters. The van der Waals surface area contributed by atoms with E-state index in [-0.39, 0.29) is 23.3 Å². The van der Waals surface area contributed by atoms with Gasteiger partial charge in [-0.2, -0.15) is 0 Å². The number of hydrogen-bond acceptors (Lipinski definition) is 3. The van der Waals surface area contributed by atoms with Gasteiger partial charge in [-0.3, -0.25) is 9.59 Å². The lowest BCUT2D eigenvalue weighted by atomic mass is 9.93. The second-order valence-corrected chi connectivity index (χ2v) is 5.91. The van der Waals surface area contributed by atoms with Crippen LogP contribution in [0, 0.1) is 5.41 Å². The average molecular weight is 255 g/mol. The number of nitrogens with zero attached hydrogens (tertiary/aromatic N) is 1. The number of carbonyl (C=O) groups excluding carboxylic acids is 2. The molecule has 0 aromatic heterocycles. The quantitative estimate of drug-likeness (QED) is 0.765. The predicted octanol–water partition coefficient (Wildman–Crippen LogP) is 0.359. The summed E-state index contributed by atoms with van der Waals surface area (Å²) in [5.41, 5.74) is -0.317. The SMILES string of the molecule is CNCC(=O)NC1CCN(C(=O)C(C)(C)C)CC1. The van der Waals surface area contributed by atoms with E-state index in [1.165, 1.54) is 0 Å². The summed E-state index contributed by atoms with van der Waals surface area (Å²) in [6.45, 7) is 7.64. The Bertz CT molecular complexity index is 302. The molecule has 18 heavy (non-hydrogen) atoms. The third kappa shape index (κ3) is 4.29. The topological polar surface area (TPSA) is 61.4 Å². The number of nitrogens with one attached hydrogen (secondary N) is 2. The second-order valence-electron chi connectivity index (χ2n) is 5.91. The van der Waals surface area contributed by atoms with Crippen molar-refractivity contribution in [2.24, 2.45) is 5.41 Å². The lowest BCUT2D eigenvalue weighted by Crippen LogP contribution is -2.50. The van der Waals surface area contributed by atoms with Crippen LogP contribution in [-0.4, -0.2) is 49.4 Å². The zero-order valence-corrected chi connectivity index (χ0v) is 11.9. The first-order valence-electron chi connectivity index (χ1n) is 6.58. The molecule has 0 radical (unpaired) electrons. The lowest BCUT2D eigenvalue weighted by Gasteiger charge is -2.36. The van der Waals surface area contributed by atoms with Gasteiger partial charge in [-0.1, -0.05) is 20.8 Å². The van der Waals surface area contributed by atoms with Gasteiger partial charge in [0.05, 0.1) is 6.54 Å². The van der Waals surface area contributed by atoms with Crippen LogP contribution in [0.25, 0.3) is 0 Å². The van der Waals surface area contributed by atoms with Crippen LogP contribution in [0.15, 0.2) is 0 Å². The van der Waals surface area contributed by atoms with Crippen molar-refractivity contribution >= 4 is 11.8 Å². The van der Waals surface area contributed by atoms with E-state index in [0.29, 0.717) is 6.54 Å². The highest BCUT2D eigenvalue weighted by atomic mass is 16.2. The number of hydrogen-bond donors (Lipinski definition) is 2. The molecule has 0 aromatic carbocycles. The van der Waals surface area contributed by atoms with Crippen LogP contribution in [0.5, 0.6) is 0 Å². The number of amides is 2. The van der Waals surface area contributed by atoms with E-state index in [2.05, 4.69) is 10.6 Å². The summed E-state index contributed by atoms with van der Waals surface area (Å²) >= 11 is 0. The molecular formula is C13H25N3O2. The highest BCUT2D eigenvalue weighted by molar-refractivity contribution is 5.81. The highest BCUT2D eigenvalue weighted by Crippen LogP contribution is 2.20. The molecule has 0 aromatic rings. The molecule has 1 aliphatic rings. The van der Waals surface area contributed by atoms with E-state index in [0.717, 1.165) is 25.9 Å². The van der Waals surface area contributed by atoms with Crippen molar-refractivity contribution in [1.29, 1.82) is 0 Å². The summed E-state index contributed by atoms with van der Waals surface area (Å²) in [5, 5.41) is 5.81. The zero-order valence-electron chi connectivity index (χ0n) is 11.9. The molecule has 2 N–H and O–H groups in total. The van der Waals surface area contributed by atoms with E-state index in [1.807, 2.05) is 25.7 Å². The molecule has 0 spiro atoms. The minimum Gasteiger partial charge on any atom is -0.352 e. The van der Waals surface area contributed by atoms with Crippen molar-refractivity contribution < 1.29 is 9.59 Å². The normalized spacial score (nSPS) is 17.7. The number of likely N-dealkylation sites (tertiary alicyclic amines) is 1. The van der Waals surface area contributed by atoms with E-state index in [1.54, 1.807) is 7.05 Å². The Balaban J connectivity index is 2.37. The van der Waals surface area contributed by atoms with Gasteiger partial charge in [0.2, 0.25) is 11.8 Å². The molecule has 5 nitrogen and oxygen atoms in total. The van der Waals surface area contributed by atoms with Crippen molar-refractivity contribution in [3.63, 3.8) is 0 Å². The maximum Gasteiger partial charge on any atom is 0.234 e. The molecule has 0 bridgehead atoms. The van der Waals surface area contributed by atoms with Crippen LogP contribution in [0.2, 0.25) is 0 Å². The molecule has 1 aliphatic heterocycles. The van der Waals surface area contributed by atoms with Crippen molar-refractivity contribution in [1.82, 2.24) is 15.5 Å². The Morgan fingerprint density at radius 3 is 2.22 bits per heavy atom. The summed E-state index contributed by atoms with van der Waals surface area (Å²) in [6, 6.07) is 0.204. The number of rotatable bonds is 3. The molecule has 1 rings (SSSR count). The average Bonchev–Trinajstić information content (AvgIpc) is 2.28. The fourth-order valence-electron chi connectivity index (χ4n) is 2.14. The highest BCUT2D eigenvalue weighted by Gasteiger charge is 2.30. The first-order valence-corrected chi connectivity index (χ1v) is 6.58. The van der Waals surface area contributed by atoms with Crippen molar-refractivity contribution in [3.8, 4) is 0 Å². The maximum absolute atomic E-state index is 12.1. The first-order chi connectivity index (χ1) is 8.34. The monoisotopic (exact) mass is 255 g/mol. The molecule has 1 heterocycles. The smallest absolute Gasteiger partial charge is 0.234 e. The van der Waals surface area contributed by atoms with Crippen LogP contribution in [0.4, 0.5) is 0 Å². The van der Waals surface area contributed by atoms with Crippen LogP contribution >= 0.6 is 0 Å². The predicted molar refractivity (Wildman–Crippen MR) is 71.1 cm³/mol.